The Labute approximate surface area is 68.4 Å². The summed E-state index contributed by atoms with van der Waals surface area (Å²) >= 11 is 0. The molecule has 1 aliphatic rings. The normalized spacial score (nSPS) is 16.1. The molecule has 1 aliphatic carbocycles. The van der Waals surface area contributed by atoms with E-state index < -0.39 is 15.7 Å². The van der Waals surface area contributed by atoms with Gasteiger partial charge in [0.1, 0.15) is 6.17 Å². The van der Waals surface area contributed by atoms with E-state index in [1.807, 2.05) is 0 Å². The van der Waals surface area contributed by atoms with Gasteiger partial charge in [-0.3, -0.25) is 0 Å². The summed E-state index contributed by atoms with van der Waals surface area (Å²) in [4.78, 5) is 0. The Balaban J connectivity index is 0.000000207. The van der Waals surface area contributed by atoms with E-state index >= 15 is 0 Å². The van der Waals surface area contributed by atoms with Crippen LogP contribution in [-0.4, -0.2) is 37.0 Å². The van der Waals surface area contributed by atoms with Crippen LogP contribution in [-0.2, 0) is 13.3 Å². The molecule has 0 radical (unpaired) electrons. The van der Waals surface area contributed by atoms with Crippen LogP contribution in [0.15, 0.2) is 0 Å². The molecule has 0 bridgehead atoms. The quantitative estimate of drug-likeness (QED) is 0.603. The lowest BCUT2D eigenvalue weighted by atomic mass is 10.9. The Morgan fingerprint density at radius 1 is 1.09 bits per heavy atom. The second-order valence-electron chi connectivity index (χ2n) is 2.17. The molecular formula is C6H15FO3Si. The summed E-state index contributed by atoms with van der Waals surface area (Å²) in [7, 11) is 3.05. The van der Waals surface area contributed by atoms with E-state index in [-0.39, 0.29) is 0 Å². The van der Waals surface area contributed by atoms with Gasteiger partial charge in [0.05, 0.1) is 0 Å². The zero-order valence-corrected chi connectivity index (χ0v) is 8.33. The van der Waals surface area contributed by atoms with Gasteiger partial charge in [-0.05, 0) is 12.8 Å². The van der Waals surface area contributed by atoms with Crippen LogP contribution in [0.4, 0.5) is 4.39 Å². The minimum atomic E-state index is -1.67. The highest BCUT2D eigenvalue weighted by molar-refractivity contribution is 6.36. The molecule has 1 fully saturated rings. The summed E-state index contributed by atoms with van der Waals surface area (Å²) in [5.74, 6) is 0. The Hall–Kier alpha value is 0.0269. The average molecular weight is 182 g/mol. The van der Waals surface area contributed by atoms with Crippen LogP contribution >= 0.6 is 0 Å². The van der Waals surface area contributed by atoms with Crippen LogP contribution < -0.4 is 0 Å². The smallest absolute Gasteiger partial charge is 0.379 e. The first kappa shape index (κ1) is 11.0. The molecule has 0 aromatic heterocycles. The summed E-state index contributed by atoms with van der Waals surface area (Å²) in [6.07, 6.45) is 1.22. The number of hydrogen-bond donors (Lipinski definition) is 0. The van der Waals surface area contributed by atoms with Crippen molar-refractivity contribution in [2.24, 2.45) is 0 Å². The van der Waals surface area contributed by atoms with Crippen molar-refractivity contribution in [3.8, 4) is 0 Å². The second-order valence-corrected chi connectivity index (χ2v) is 4.16. The van der Waals surface area contributed by atoms with E-state index in [9.17, 15) is 4.39 Å². The molecular weight excluding hydrogens is 167 g/mol. The van der Waals surface area contributed by atoms with Gasteiger partial charge in [0, 0.05) is 21.3 Å². The molecule has 0 amide bonds. The van der Waals surface area contributed by atoms with Gasteiger partial charge in [-0.15, -0.1) is 0 Å². The van der Waals surface area contributed by atoms with Crippen molar-refractivity contribution in [3.63, 3.8) is 0 Å². The Morgan fingerprint density at radius 2 is 1.36 bits per heavy atom. The fraction of sp³-hybridized carbons (Fsp3) is 1.00. The molecule has 0 spiro atoms. The fourth-order valence-electron chi connectivity index (χ4n) is 0.352. The molecule has 3 nitrogen and oxygen atoms in total. The first-order chi connectivity index (χ1) is 5.24. The number of rotatable bonds is 3. The van der Waals surface area contributed by atoms with Crippen molar-refractivity contribution in [1.29, 1.82) is 0 Å². The fourth-order valence-corrected chi connectivity index (χ4v) is 0.929. The van der Waals surface area contributed by atoms with Crippen LogP contribution in [0.3, 0.4) is 0 Å². The summed E-state index contributed by atoms with van der Waals surface area (Å²) in [5, 5.41) is 0. The Morgan fingerprint density at radius 3 is 1.36 bits per heavy atom. The lowest BCUT2D eigenvalue weighted by molar-refractivity contribution is 0.163. The van der Waals surface area contributed by atoms with Gasteiger partial charge in [-0.2, -0.15) is 0 Å². The van der Waals surface area contributed by atoms with E-state index in [1.54, 1.807) is 21.3 Å². The van der Waals surface area contributed by atoms with Gasteiger partial charge >= 0.3 is 9.53 Å². The topological polar surface area (TPSA) is 27.7 Å². The van der Waals surface area contributed by atoms with Crippen LogP contribution in [0, 0.1) is 0 Å². The highest BCUT2D eigenvalue weighted by Crippen LogP contribution is 2.22. The Bertz CT molecular complexity index is 80.4. The van der Waals surface area contributed by atoms with E-state index in [1.165, 1.54) is 0 Å². The first-order valence-corrected chi connectivity index (χ1v) is 4.88. The van der Waals surface area contributed by atoms with Crippen LogP contribution in [0.5, 0.6) is 0 Å². The maximum absolute atomic E-state index is 11.1. The van der Waals surface area contributed by atoms with Crippen molar-refractivity contribution in [2.75, 3.05) is 21.3 Å². The van der Waals surface area contributed by atoms with Crippen LogP contribution in [0.1, 0.15) is 12.8 Å². The maximum Gasteiger partial charge on any atom is 0.483 e. The molecule has 1 rings (SSSR count). The summed E-state index contributed by atoms with van der Waals surface area (Å²) in [6.45, 7) is 0. The highest BCUT2D eigenvalue weighted by atomic mass is 28.3. The number of hydrogen-bond acceptors (Lipinski definition) is 3. The molecule has 0 aromatic rings. The van der Waals surface area contributed by atoms with Gasteiger partial charge in [0.2, 0.25) is 0 Å². The SMILES string of the molecule is CO[SiH](OC)OC.FC1CC1. The van der Waals surface area contributed by atoms with Gasteiger partial charge in [0.25, 0.3) is 0 Å². The van der Waals surface area contributed by atoms with Crippen molar-refractivity contribution in [1.82, 2.24) is 0 Å². The van der Waals surface area contributed by atoms with Gasteiger partial charge in [0.15, 0.2) is 0 Å². The predicted molar refractivity (Wildman–Crippen MR) is 42.3 cm³/mol. The molecule has 1 saturated carbocycles. The van der Waals surface area contributed by atoms with E-state index in [2.05, 4.69) is 0 Å². The minimum absolute atomic E-state index is 0.417. The molecule has 0 N–H and O–H groups in total. The Kier molecular flexibility index (Phi) is 6.74. The third-order valence-corrected chi connectivity index (χ3v) is 2.24. The third-order valence-electron chi connectivity index (χ3n) is 1.08. The van der Waals surface area contributed by atoms with Gasteiger partial charge < -0.3 is 13.3 Å². The molecule has 5 heteroatoms. The second kappa shape index (κ2) is 6.72. The van der Waals surface area contributed by atoms with Crippen molar-refractivity contribution >= 4 is 9.53 Å². The molecule has 0 saturated heterocycles. The molecule has 11 heavy (non-hydrogen) atoms. The predicted octanol–water partition coefficient (Wildman–Crippen LogP) is 0.761. The monoisotopic (exact) mass is 182 g/mol. The summed E-state index contributed by atoms with van der Waals surface area (Å²) in [6, 6.07) is 0. The van der Waals surface area contributed by atoms with Crippen molar-refractivity contribution in [3.05, 3.63) is 0 Å². The zero-order valence-electron chi connectivity index (χ0n) is 7.17. The molecule has 0 heterocycles. The summed E-state index contributed by atoms with van der Waals surface area (Å²) in [5.41, 5.74) is 0. The minimum Gasteiger partial charge on any atom is -0.379 e. The lowest BCUT2D eigenvalue weighted by Crippen LogP contribution is -2.21. The molecule has 0 aromatic carbocycles. The van der Waals surface area contributed by atoms with E-state index in [4.69, 9.17) is 13.3 Å². The van der Waals surface area contributed by atoms with E-state index in [0.717, 1.165) is 12.8 Å². The average Bonchev–Trinajstić information content (AvgIpc) is 2.77. The van der Waals surface area contributed by atoms with Crippen LogP contribution in [0.2, 0.25) is 0 Å². The first-order valence-electron chi connectivity index (χ1n) is 3.47. The van der Waals surface area contributed by atoms with Gasteiger partial charge in [-0.1, -0.05) is 0 Å². The van der Waals surface area contributed by atoms with Crippen LogP contribution in [0.25, 0.3) is 0 Å². The third kappa shape index (κ3) is 7.93. The lowest BCUT2D eigenvalue weighted by Gasteiger charge is -2.05. The maximum atomic E-state index is 11.1. The van der Waals surface area contributed by atoms with Crippen molar-refractivity contribution in [2.45, 2.75) is 19.0 Å². The largest absolute Gasteiger partial charge is 0.483 e. The molecule has 0 unspecified atom stereocenters. The number of halogens is 1. The van der Waals surface area contributed by atoms with Crippen molar-refractivity contribution < 1.29 is 17.7 Å². The standard InChI is InChI=1S/C3H5F.C3H10O3Si/c4-3-1-2-3;1-4-7(5-2)6-3/h3H,1-2H2;7H,1-3H3. The molecule has 0 atom stereocenters. The zero-order chi connectivity index (χ0) is 8.69. The highest BCUT2D eigenvalue weighted by Gasteiger charge is 2.18. The molecule has 68 valence electrons. The molecule has 0 aliphatic heterocycles. The van der Waals surface area contributed by atoms with Gasteiger partial charge in [-0.25, -0.2) is 4.39 Å². The number of alkyl halides is 1. The van der Waals surface area contributed by atoms with E-state index in [0.29, 0.717) is 0 Å². The summed E-state index contributed by atoms with van der Waals surface area (Å²) < 4.78 is 25.3.